The van der Waals surface area contributed by atoms with Gasteiger partial charge in [0.05, 0.1) is 6.61 Å². The number of hydrogen-bond donors (Lipinski definition) is 2. The molecule has 0 aliphatic rings. The average Bonchev–Trinajstić information content (AvgIpc) is 2.59. The molecule has 0 aromatic heterocycles. The summed E-state index contributed by atoms with van der Waals surface area (Å²) in [6.45, 7) is 1.59. The quantitative estimate of drug-likeness (QED) is 0.716. The number of halogens is 2. The number of benzene rings is 2. The van der Waals surface area contributed by atoms with Gasteiger partial charge in [-0.3, -0.25) is 4.79 Å². The van der Waals surface area contributed by atoms with Crippen molar-refractivity contribution < 1.29 is 13.9 Å². The fourth-order valence-electron chi connectivity index (χ4n) is 2.04. The van der Waals surface area contributed by atoms with Gasteiger partial charge in [0.1, 0.15) is 11.6 Å². The predicted octanol–water partition coefficient (Wildman–Crippen LogP) is 3.30. The SMILES string of the molecule is Cl.NCc1ccc(C(=O)NCCCCOc2ccc(F)cc2)cc1. The highest BCUT2D eigenvalue weighted by Crippen LogP contribution is 2.11. The lowest BCUT2D eigenvalue weighted by Crippen LogP contribution is -2.24. The first-order chi connectivity index (χ1) is 11.2. The Morgan fingerprint density at radius 3 is 2.33 bits per heavy atom. The molecule has 1 amide bonds. The normalized spacial score (nSPS) is 9.92. The molecule has 0 saturated heterocycles. The van der Waals surface area contributed by atoms with Crippen LogP contribution in [0.3, 0.4) is 0 Å². The Kier molecular flexibility index (Phi) is 8.83. The Bertz CT molecular complexity index is 618. The maximum absolute atomic E-state index is 12.7. The van der Waals surface area contributed by atoms with E-state index >= 15 is 0 Å². The van der Waals surface area contributed by atoms with E-state index in [1.54, 1.807) is 24.3 Å². The highest BCUT2D eigenvalue weighted by Gasteiger charge is 2.04. The van der Waals surface area contributed by atoms with Crippen LogP contribution in [0.25, 0.3) is 0 Å². The van der Waals surface area contributed by atoms with Crippen LogP contribution in [0.5, 0.6) is 5.75 Å². The van der Waals surface area contributed by atoms with Crippen LogP contribution in [0, 0.1) is 5.82 Å². The molecule has 0 unspecified atom stereocenters. The van der Waals surface area contributed by atoms with Crippen molar-refractivity contribution in [2.75, 3.05) is 13.2 Å². The van der Waals surface area contributed by atoms with Crippen molar-refractivity contribution in [1.82, 2.24) is 5.32 Å². The number of unbranched alkanes of at least 4 members (excludes halogenated alkanes) is 1. The molecule has 0 fully saturated rings. The molecule has 0 aliphatic carbocycles. The van der Waals surface area contributed by atoms with E-state index in [1.807, 2.05) is 12.1 Å². The molecule has 2 aromatic rings. The first-order valence-corrected chi connectivity index (χ1v) is 7.64. The molecule has 130 valence electrons. The second-order valence-corrected chi connectivity index (χ2v) is 5.17. The molecule has 0 atom stereocenters. The number of carbonyl (C=O) groups is 1. The van der Waals surface area contributed by atoms with Gasteiger partial charge >= 0.3 is 0 Å². The summed E-state index contributed by atoms with van der Waals surface area (Å²) in [5, 5.41) is 2.87. The minimum atomic E-state index is -0.278. The van der Waals surface area contributed by atoms with Crippen LogP contribution in [0.1, 0.15) is 28.8 Å². The van der Waals surface area contributed by atoms with Gasteiger partial charge < -0.3 is 15.8 Å². The van der Waals surface area contributed by atoms with E-state index in [4.69, 9.17) is 10.5 Å². The topological polar surface area (TPSA) is 64.4 Å². The third kappa shape index (κ3) is 6.56. The summed E-state index contributed by atoms with van der Waals surface area (Å²) in [4.78, 5) is 11.9. The van der Waals surface area contributed by atoms with Crippen LogP contribution in [0.2, 0.25) is 0 Å². The molecule has 0 saturated carbocycles. The summed E-state index contributed by atoms with van der Waals surface area (Å²) in [5.41, 5.74) is 7.15. The predicted molar refractivity (Wildman–Crippen MR) is 95.0 cm³/mol. The van der Waals surface area contributed by atoms with Gasteiger partial charge in [-0.1, -0.05) is 12.1 Å². The Hall–Kier alpha value is -2.11. The fraction of sp³-hybridized carbons (Fsp3) is 0.278. The summed E-state index contributed by atoms with van der Waals surface area (Å²) in [6, 6.07) is 13.2. The van der Waals surface area contributed by atoms with E-state index < -0.39 is 0 Å². The zero-order chi connectivity index (χ0) is 16.5. The zero-order valence-corrected chi connectivity index (χ0v) is 14.2. The zero-order valence-electron chi connectivity index (χ0n) is 13.3. The van der Waals surface area contributed by atoms with Gasteiger partial charge in [0.2, 0.25) is 0 Å². The van der Waals surface area contributed by atoms with Gasteiger partial charge in [-0.15, -0.1) is 12.4 Å². The molecule has 0 spiro atoms. The Morgan fingerprint density at radius 1 is 1.04 bits per heavy atom. The number of hydrogen-bond acceptors (Lipinski definition) is 3. The largest absolute Gasteiger partial charge is 0.494 e. The van der Waals surface area contributed by atoms with Crippen LogP contribution in [0.15, 0.2) is 48.5 Å². The van der Waals surface area contributed by atoms with E-state index in [2.05, 4.69) is 5.32 Å². The summed E-state index contributed by atoms with van der Waals surface area (Å²) in [5.74, 6) is 0.281. The molecular formula is C18H22ClFN2O2. The highest BCUT2D eigenvalue weighted by atomic mass is 35.5. The van der Waals surface area contributed by atoms with Crippen molar-refractivity contribution in [1.29, 1.82) is 0 Å². The number of nitrogens with one attached hydrogen (secondary N) is 1. The lowest BCUT2D eigenvalue weighted by molar-refractivity contribution is 0.0952. The van der Waals surface area contributed by atoms with Gasteiger partial charge in [-0.2, -0.15) is 0 Å². The van der Waals surface area contributed by atoms with Crippen molar-refractivity contribution in [3.8, 4) is 5.75 Å². The van der Waals surface area contributed by atoms with Crippen molar-refractivity contribution >= 4 is 18.3 Å². The molecule has 0 bridgehead atoms. The van der Waals surface area contributed by atoms with Crippen molar-refractivity contribution in [2.45, 2.75) is 19.4 Å². The average molecular weight is 353 g/mol. The summed E-state index contributed by atoms with van der Waals surface area (Å²) >= 11 is 0. The molecule has 0 heterocycles. The molecule has 0 aliphatic heterocycles. The standard InChI is InChI=1S/C18H21FN2O2.ClH/c19-16-7-9-17(10-8-16)23-12-2-1-11-21-18(22)15-5-3-14(13-20)4-6-15;/h3-10H,1-2,11-13,20H2,(H,21,22);1H. The van der Waals surface area contributed by atoms with Gasteiger partial charge in [0.15, 0.2) is 0 Å². The second-order valence-electron chi connectivity index (χ2n) is 5.17. The van der Waals surface area contributed by atoms with E-state index in [1.165, 1.54) is 12.1 Å². The fourth-order valence-corrected chi connectivity index (χ4v) is 2.04. The number of ether oxygens (including phenoxy) is 1. The van der Waals surface area contributed by atoms with Crippen molar-refractivity contribution in [2.24, 2.45) is 5.73 Å². The van der Waals surface area contributed by atoms with Crippen LogP contribution in [-0.4, -0.2) is 19.1 Å². The van der Waals surface area contributed by atoms with Crippen molar-refractivity contribution in [3.63, 3.8) is 0 Å². The Labute approximate surface area is 147 Å². The minimum Gasteiger partial charge on any atom is -0.494 e. The maximum Gasteiger partial charge on any atom is 0.251 e. The second kappa shape index (κ2) is 10.6. The monoisotopic (exact) mass is 352 g/mol. The lowest BCUT2D eigenvalue weighted by Gasteiger charge is -2.07. The minimum absolute atomic E-state index is 0. The van der Waals surface area contributed by atoms with E-state index in [9.17, 15) is 9.18 Å². The summed E-state index contributed by atoms with van der Waals surface area (Å²) < 4.78 is 18.2. The smallest absolute Gasteiger partial charge is 0.251 e. The molecule has 0 radical (unpaired) electrons. The number of carbonyl (C=O) groups excluding carboxylic acids is 1. The molecule has 24 heavy (non-hydrogen) atoms. The number of rotatable bonds is 8. The molecular weight excluding hydrogens is 331 g/mol. The lowest BCUT2D eigenvalue weighted by atomic mass is 10.1. The molecule has 2 rings (SSSR count). The van der Waals surface area contributed by atoms with Gasteiger partial charge in [-0.25, -0.2) is 4.39 Å². The molecule has 2 aromatic carbocycles. The maximum atomic E-state index is 12.7. The molecule has 4 nitrogen and oxygen atoms in total. The summed E-state index contributed by atoms with van der Waals surface area (Å²) in [7, 11) is 0. The van der Waals surface area contributed by atoms with E-state index in [-0.39, 0.29) is 24.1 Å². The van der Waals surface area contributed by atoms with Crippen LogP contribution >= 0.6 is 12.4 Å². The highest BCUT2D eigenvalue weighted by molar-refractivity contribution is 5.94. The van der Waals surface area contributed by atoms with Crippen LogP contribution < -0.4 is 15.8 Å². The Balaban J connectivity index is 0.00000288. The third-order valence-electron chi connectivity index (χ3n) is 3.39. The molecule has 3 N–H and O–H groups in total. The van der Waals surface area contributed by atoms with Gasteiger partial charge in [-0.05, 0) is 54.8 Å². The number of nitrogens with two attached hydrogens (primary N) is 1. The van der Waals surface area contributed by atoms with Crippen LogP contribution in [-0.2, 0) is 6.54 Å². The van der Waals surface area contributed by atoms with Gasteiger partial charge in [0, 0.05) is 18.7 Å². The number of amides is 1. The third-order valence-corrected chi connectivity index (χ3v) is 3.39. The molecule has 6 heteroatoms. The van der Waals surface area contributed by atoms with Crippen molar-refractivity contribution in [3.05, 3.63) is 65.5 Å². The van der Waals surface area contributed by atoms with Crippen LogP contribution in [0.4, 0.5) is 4.39 Å². The van der Waals surface area contributed by atoms with E-state index in [0.717, 1.165) is 18.4 Å². The van der Waals surface area contributed by atoms with E-state index in [0.29, 0.717) is 31.0 Å². The Morgan fingerprint density at radius 2 is 1.71 bits per heavy atom. The van der Waals surface area contributed by atoms with Gasteiger partial charge in [0.25, 0.3) is 5.91 Å². The first kappa shape index (κ1) is 19.9. The first-order valence-electron chi connectivity index (χ1n) is 7.64. The summed E-state index contributed by atoms with van der Waals surface area (Å²) in [6.07, 6.45) is 1.62.